The van der Waals surface area contributed by atoms with E-state index in [1.807, 2.05) is 0 Å². The first-order chi connectivity index (χ1) is 8.70. The van der Waals surface area contributed by atoms with Gasteiger partial charge in [-0.2, -0.15) is 0 Å². The van der Waals surface area contributed by atoms with E-state index in [0.717, 1.165) is 25.9 Å². The lowest BCUT2D eigenvalue weighted by molar-refractivity contribution is -0.120. The molecule has 1 aromatic carbocycles. The van der Waals surface area contributed by atoms with Crippen molar-refractivity contribution in [1.29, 1.82) is 0 Å². The highest BCUT2D eigenvalue weighted by Crippen LogP contribution is 2.27. The maximum atomic E-state index is 12.1. The number of hydrogen-bond acceptors (Lipinski definition) is 3. The van der Waals surface area contributed by atoms with Gasteiger partial charge in [0.1, 0.15) is 5.75 Å². The second kappa shape index (κ2) is 6.07. The quantitative estimate of drug-likeness (QED) is 0.884. The molecule has 2 rings (SSSR count). The molecule has 0 saturated carbocycles. The lowest BCUT2D eigenvalue weighted by Crippen LogP contribution is -2.34. The minimum atomic E-state index is 0.0339. The van der Waals surface area contributed by atoms with Gasteiger partial charge >= 0.3 is 0 Å². The summed E-state index contributed by atoms with van der Waals surface area (Å²) in [6.45, 7) is 1.79. The minimum Gasteiger partial charge on any atom is -0.497 e. The van der Waals surface area contributed by atoms with Gasteiger partial charge in [0.15, 0.2) is 0 Å². The van der Waals surface area contributed by atoms with Crippen molar-refractivity contribution < 1.29 is 9.53 Å². The highest BCUT2D eigenvalue weighted by molar-refractivity contribution is 6.33. The fraction of sp³-hybridized carbons (Fsp3) is 0.462. The van der Waals surface area contributed by atoms with Gasteiger partial charge in [0.2, 0.25) is 5.91 Å². The summed E-state index contributed by atoms with van der Waals surface area (Å²) in [5, 5.41) is 6.64. The smallest absolute Gasteiger partial charge is 0.227 e. The van der Waals surface area contributed by atoms with Crippen LogP contribution >= 0.6 is 11.6 Å². The summed E-state index contributed by atoms with van der Waals surface area (Å²) in [7, 11) is 1.58. The number of benzene rings is 1. The lowest BCUT2D eigenvalue weighted by Gasteiger charge is -2.22. The summed E-state index contributed by atoms with van der Waals surface area (Å²) in [6, 6.07) is 5.22. The van der Waals surface area contributed by atoms with E-state index in [2.05, 4.69) is 10.6 Å². The number of halogens is 1. The van der Waals surface area contributed by atoms with Crippen LogP contribution in [0, 0.1) is 5.92 Å². The zero-order valence-electron chi connectivity index (χ0n) is 10.3. The van der Waals surface area contributed by atoms with Crippen LogP contribution in [0.4, 0.5) is 5.69 Å². The Bertz CT molecular complexity index is 431. The third-order valence-electron chi connectivity index (χ3n) is 3.14. The van der Waals surface area contributed by atoms with Crippen molar-refractivity contribution in [2.75, 3.05) is 25.5 Å². The van der Waals surface area contributed by atoms with Crippen molar-refractivity contribution in [3.63, 3.8) is 0 Å². The van der Waals surface area contributed by atoms with Gasteiger partial charge in [-0.05, 0) is 38.1 Å². The van der Waals surface area contributed by atoms with Crippen molar-refractivity contribution >= 4 is 23.2 Å². The van der Waals surface area contributed by atoms with Crippen molar-refractivity contribution in [3.05, 3.63) is 23.2 Å². The van der Waals surface area contributed by atoms with Crippen molar-refractivity contribution in [2.24, 2.45) is 5.92 Å². The number of ether oxygens (including phenoxy) is 1. The van der Waals surface area contributed by atoms with Crippen molar-refractivity contribution in [1.82, 2.24) is 5.32 Å². The Morgan fingerprint density at radius 1 is 1.44 bits per heavy atom. The second-order valence-corrected chi connectivity index (χ2v) is 4.77. The van der Waals surface area contributed by atoms with Crippen LogP contribution < -0.4 is 15.4 Å². The molecule has 0 unspecified atom stereocenters. The van der Waals surface area contributed by atoms with Crippen molar-refractivity contribution in [2.45, 2.75) is 12.8 Å². The predicted octanol–water partition coefficient (Wildman–Crippen LogP) is 2.29. The van der Waals surface area contributed by atoms with Gasteiger partial charge in [-0.15, -0.1) is 0 Å². The van der Waals surface area contributed by atoms with E-state index in [-0.39, 0.29) is 11.8 Å². The van der Waals surface area contributed by atoms with E-state index < -0.39 is 0 Å². The third-order valence-corrected chi connectivity index (χ3v) is 3.47. The molecule has 1 fully saturated rings. The Kier molecular flexibility index (Phi) is 4.44. The van der Waals surface area contributed by atoms with Gasteiger partial charge in [-0.25, -0.2) is 0 Å². The van der Waals surface area contributed by atoms with Crippen LogP contribution in [-0.4, -0.2) is 26.1 Å². The SMILES string of the molecule is COc1ccc(Cl)c(NC(=O)C2CCNCC2)c1. The molecule has 2 N–H and O–H groups in total. The number of methoxy groups -OCH3 is 1. The van der Waals surface area contributed by atoms with Gasteiger partial charge in [0, 0.05) is 12.0 Å². The average Bonchev–Trinajstić information content (AvgIpc) is 2.42. The topological polar surface area (TPSA) is 50.4 Å². The highest BCUT2D eigenvalue weighted by Gasteiger charge is 2.21. The zero-order chi connectivity index (χ0) is 13.0. The molecule has 1 saturated heterocycles. The number of nitrogens with one attached hydrogen (secondary N) is 2. The number of piperidine rings is 1. The van der Waals surface area contributed by atoms with Crippen LogP contribution in [0.5, 0.6) is 5.75 Å². The van der Waals surface area contributed by atoms with Crippen LogP contribution in [0.25, 0.3) is 0 Å². The lowest BCUT2D eigenvalue weighted by atomic mass is 9.97. The maximum Gasteiger partial charge on any atom is 0.227 e. The zero-order valence-corrected chi connectivity index (χ0v) is 11.1. The van der Waals surface area contributed by atoms with Crippen molar-refractivity contribution in [3.8, 4) is 5.75 Å². The van der Waals surface area contributed by atoms with E-state index in [9.17, 15) is 4.79 Å². The van der Waals surface area contributed by atoms with Crippen LogP contribution in [0.2, 0.25) is 5.02 Å². The van der Waals surface area contributed by atoms with E-state index in [0.29, 0.717) is 16.5 Å². The molecule has 1 aliphatic rings. The molecular formula is C13H17ClN2O2. The maximum absolute atomic E-state index is 12.1. The summed E-state index contributed by atoms with van der Waals surface area (Å²) in [4.78, 5) is 12.1. The van der Waals surface area contributed by atoms with E-state index in [1.54, 1.807) is 25.3 Å². The Labute approximate surface area is 112 Å². The first-order valence-corrected chi connectivity index (χ1v) is 6.43. The molecule has 4 nitrogen and oxygen atoms in total. The second-order valence-electron chi connectivity index (χ2n) is 4.36. The number of amides is 1. The summed E-state index contributed by atoms with van der Waals surface area (Å²) >= 11 is 6.05. The number of carbonyl (C=O) groups excluding carboxylic acids is 1. The molecule has 1 amide bonds. The van der Waals surface area contributed by atoms with E-state index in [4.69, 9.17) is 16.3 Å². The minimum absolute atomic E-state index is 0.0339. The summed E-state index contributed by atoms with van der Waals surface area (Å²) in [6.07, 6.45) is 1.74. The first-order valence-electron chi connectivity index (χ1n) is 6.06. The molecule has 0 atom stereocenters. The van der Waals surface area contributed by atoms with Gasteiger partial charge in [0.25, 0.3) is 0 Å². The molecule has 0 aromatic heterocycles. The number of rotatable bonds is 3. The normalized spacial score (nSPS) is 16.3. The number of anilines is 1. The number of carbonyl (C=O) groups is 1. The summed E-state index contributed by atoms with van der Waals surface area (Å²) < 4.78 is 5.12. The van der Waals surface area contributed by atoms with Gasteiger partial charge in [-0.3, -0.25) is 4.79 Å². The molecule has 5 heteroatoms. The van der Waals surface area contributed by atoms with E-state index in [1.165, 1.54) is 0 Å². The average molecular weight is 269 g/mol. The fourth-order valence-electron chi connectivity index (χ4n) is 2.05. The molecule has 1 aliphatic heterocycles. The predicted molar refractivity (Wildman–Crippen MR) is 72.2 cm³/mol. The Balaban J connectivity index is 2.05. The van der Waals surface area contributed by atoms with Gasteiger partial charge < -0.3 is 15.4 Å². The van der Waals surface area contributed by atoms with Crippen LogP contribution in [0.3, 0.4) is 0 Å². The fourth-order valence-corrected chi connectivity index (χ4v) is 2.21. The highest BCUT2D eigenvalue weighted by atomic mass is 35.5. The molecule has 1 heterocycles. The Morgan fingerprint density at radius 2 is 2.17 bits per heavy atom. The molecule has 98 valence electrons. The summed E-state index contributed by atoms with van der Waals surface area (Å²) in [5.41, 5.74) is 0.611. The molecule has 0 aliphatic carbocycles. The van der Waals surface area contributed by atoms with Crippen LogP contribution in [0.1, 0.15) is 12.8 Å². The largest absolute Gasteiger partial charge is 0.497 e. The summed E-state index contributed by atoms with van der Waals surface area (Å²) in [5.74, 6) is 0.778. The van der Waals surface area contributed by atoms with Gasteiger partial charge in [0.05, 0.1) is 17.8 Å². The number of hydrogen-bond donors (Lipinski definition) is 2. The van der Waals surface area contributed by atoms with Crippen LogP contribution in [-0.2, 0) is 4.79 Å². The third kappa shape index (κ3) is 3.15. The van der Waals surface area contributed by atoms with Crippen LogP contribution in [0.15, 0.2) is 18.2 Å². The Morgan fingerprint density at radius 3 is 2.83 bits per heavy atom. The molecule has 0 spiro atoms. The standard InChI is InChI=1S/C13H17ClN2O2/c1-18-10-2-3-11(14)12(8-10)16-13(17)9-4-6-15-7-5-9/h2-3,8-9,15H,4-7H2,1H3,(H,16,17). The molecule has 18 heavy (non-hydrogen) atoms. The van der Waals surface area contributed by atoms with E-state index >= 15 is 0 Å². The monoisotopic (exact) mass is 268 g/mol. The molecular weight excluding hydrogens is 252 g/mol. The Hall–Kier alpha value is -1.26. The molecule has 0 bridgehead atoms. The molecule has 0 radical (unpaired) electrons. The molecule has 1 aromatic rings. The van der Waals surface area contributed by atoms with Gasteiger partial charge in [-0.1, -0.05) is 11.6 Å². The first kappa shape index (κ1) is 13.2.